The first-order valence-corrected chi connectivity index (χ1v) is 32.1. The number of carbonyl (C=O) groups is 4. The molecule has 3 N–H and O–H groups in total. The van der Waals surface area contributed by atoms with Crippen LogP contribution in [0.3, 0.4) is 0 Å². The van der Waals surface area contributed by atoms with Crippen molar-refractivity contribution in [2.75, 3.05) is 39.6 Å². The summed E-state index contributed by atoms with van der Waals surface area (Å²) in [7, 11) is -9.85. The highest BCUT2D eigenvalue weighted by molar-refractivity contribution is 7.47. The normalized spacial score (nSPS) is 14.5. The lowest BCUT2D eigenvalue weighted by Gasteiger charge is -2.21. The molecule has 0 heterocycles. The van der Waals surface area contributed by atoms with Crippen LogP contribution in [0.4, 0.5) is 0 Å². The van der Waals surface area contributed by atoms with E-state index in [1.54, 1.807) is 0 Å². The van der Waals surface area contributed by atoms with Crippen LogP contribution in [0.2, 0.25) is 0 Å². The molecule has 17 nitrogen and oxygen atoms in total. The summed E-state index contributed by atoms with van der Waals surface area (Å²) in [5.74, 6) is -1.41. The van der Waals surface area contributed by atoms with Crippen LogP contribution in [0, 0.1) is 5.92 Å². The fourth-order valence-electron chi connectivity index (χ4n) is 7.99. The number of carbonyl (C=O) groups excluding carboxylic acids is 4. The molecule has 19 heteroatoms. The maximum Gasteiger partial charge on any atom is 0.472 e. The lowest BCUT2D eigenvalue weighted by molar-refractivity contribution is -0.161. The Hall–Kier alpha value is -1.94. The van der Waals surface area contributed by atoms with Crippen molar-refractivity contribution in [3.63, 3.8) is 0 Å². The second-order valence-electron chi connectivity index (χ2n) is 20.4. The van der Waals surface area contributed by atoms with E-state index in [0.717, 1.165) is 115 Å². The number of phosphoric acid groups is 2. The van der Waals surface area contributed by atoms with E-state index >= 15 is 0 Å². The summed E-state index contributed by atoms with van der Waals surface area (Å²) in [4.78, 5) is 71.4. The quantitative estimate of drug-likeness (QED) is 0.0222. The van der Waals surface area contributed by atoms with Crippen LogP contribution in [0.25, 0.3) is 0 Å². The van der Waals surface area contributed by atoms with Gasteiger partial charge in [-0.3, -0.25) is 37.3 Å². The second-order valence-corrected chi connectivity index (χ2v) is 23.4. The van der Waals surface area contributed by atoms with Crippen molar-refractivity contribution in [2.24, 2.45) is 5.92 Å². The number of esters is 4. The number of phosphoric ester groups is 2. The smallest absolute Gasteiger partial charge is 0.462 e. The lowest BCUT2D eigenvalue weighted by Crippen LogP contribution is -2.30. The number of aliphatic hydroxyl groups excluding tert-OH is 1. The van der Waals surface area contributed by atoms with Crippen molar-refractivity contribution in [3.8, 4) is 0 Å². The van der Waals surface area contributed by atoms with Gasteiger partial charge in [0.2, 0.25) is 0 Å². The van der Waals surface area contributed by atoms with Crippen molar-refractivity contribution in [2.45, 2.75) is 284 Å². The Labute approximate surface area is 447 Å². The van der Waals surface area contributed by atoms with E-state index in [1.807, 2.05) is 0 Å². The predicted octanol–water partition coefficient (Wildman–Crippen LogP) is 14.3. The van der Waals surface area contributed by atoms with Gasteiger partial charge in [-0.05, 0) is 31.6 Å². The van der Waals surface area contributed by atoms with Crippen molar-refractivity contribution in [1.82, 2.24) is 0 Å². The SMILES string of the molecule is CCCCCCCCCCCC(=O)OC[C@H](COP(=O)(O)OC[C@@H](O)COP(=O)(O)OC[C@@H](COC(=O)CCCCCCC)OC(=O)CCCCCCCCC)OC(=O)CCCCCCCCCCCCC(C)C. The zero-order valence-electron chi connectivity index (χ0n) is 47.0. The molecule has 0 aliphatic carbocycles. The molecule has 0 radical (unpaired) electrons. The Morgan fingerprint density at radius 3 is 0.919 bits per heavy atom. The molecule has 0 spiro atoms. The first kappa shape index (κ1) is 72.1. The molecule has 0 fully saturated rings. The van der Waals surface area contributed by atoms with Gasteiger partial charge in [0.05, 0.1) is 26.4 Å². The average molecular weight is 1100 g/mol. The molecular weight excluding hydrogens is 995 g/mol. The van der Waals surface area contributed by atoms with Crippen LogP contribution in [0.15, 0.2) is 0 Å². The summed E-state index contributed by atoms with van der Waals surface area (Å²) in [5.41, 5.74) is 0. The molecule has 438 valence electrons. The maximum atomic E-state index is 12.9. The number of aliphatic hydroxyl groups is 1. The van der Waals surface area contributed by atoms with Gasteiger partial charge in [-0.15, -0.1) is 0 Å². The first-order chi connectivity index (χ1) is 35.5. The van der Waals surface area contributed by atoms with Crippen molar-refractivity contribution in [1.29, 1.82) is 0 Å². The van der Waals surface area contributed by atoms with Gasteiger partial charge in [0.1, 0.15) is 19.3 Å². The molecule has 2 unspecified atom stereocenters. The highest BCUT2D eigenvalue weighted by Gasteiger charge is 2.30. The van der Waals surface area contributed by atoms with Gasteiger partial charge in [0, 0.05) is 25.7 Å². The average Bonchev–Trinajstić information content (AvgIpc) is 3.36. The van der Waals surface area contributed by atoms with Crippen LogP contribution >= 0.6 is 15.6 Å². The van der Waals surface area contributed by atoms with Crippen molar-refractivity contribution in [3.05, 3.63) is 0 Å². The molecule has 0 aliphatic rings. The zero-order chi connectivity index (χ0) is 55.0. The second kappa shape index (κ2) is 49.4. The number of ether oxygens (including phenoxy) is 4. The molecule has 0 aromatic carbocycles. The number of hydrogen-bond donors (Lipinski definition) is 3. The molecule has 0 rings (SSSR count). The lowest BCUT2D eigenvalue weighted by atomic mass is 10.0. The van der Waals surface area contributed by atoms with Gasteiger partial charge in [0.25, 0.3) is 0 Å². The summed E-state index contributed by atoms with van der Waals surface area (Å²) in [6.07, 6.45) is 29.8. The fraction of sp³-hybridized carbons (Fsp3) is 0.927. The fourth-order valence-corrected chi connectivity index (χ4v) is 9.57. The van der Waals surface area contributed by atoms with Crippen LogP contribution in [0.5, 0.6) is 0 Å². The maximum absolute atomic E-state index is 12.9. The Bertz CT molecular complexity index is 1470. The Morgan fingerprint density at radius 1 is 0.365 bits per heavy atom. The Balaban J connectivity index is 5.16. The number of unbranched alkanes of at least 4 members (excludes halogenated alkanes) is 27. The molecule has 0 saturated heterocycles. The molecule has 0 bridgehead atoms. The Morgan fingerprint density at radius 2 is 0.622 bits per heavy atom. The van der Waals surface area contributed by atoms with Crippen molar-refractivity contribution < 1.29 is 80.2 Å². The number of rotatable bonds is 55. The third-order valence-corrected chi connectivity index (χ3v) is 14.4. The minimum absolute atomic E-state index is 0.103. The summed E-state index contributed by atoms with van der Waals surface area (Å²) in [6.45, 7) is 6.96. The predicted molar refractivity (Wildman–Crippen MR) is 289 cm³/mol. The van der Waals surface area contributed by atoms with E-state index in [0.29, 0.717) is 25.7 Å². The van der Waals surface area contributed by atoms with E-state index < -0.39 is 97.5 Å². The third-order valence-electron chi connectivity index (χ3n) is 12.5. The third kappa shape index (κ3) is 49.6. The summed E-state index contributed by atoms with van der Waals surface area (Å²) < 4.78 is 67.3. The highest BCUT2D eigenvalue weighted by atomic mass is 31.2. The van der Waals surface area contributed by atoms with E-state index in [9.17, 15) is 43.2 Å². The van der Waals surface area contributed by atoms with Gasteiger partial charge in [-0.1, -0.05) is 214 Å². The standard InChI is InChI=1S/C55H106O17P2/c1-6-9-12-15-17-20-25-29-34-39-53(58)66-45-51(72-55(60)41-36-31-26-22-19-18-21-24-28-32-37-48(4)5)47-70-74(63,64)68-43-49(56)42-67-73(61,62)69-46-50(44-65-52(57)38-33-27-14-11-8-3)71-54(59)40-35-30-23-16-13-10-7-2/h48-51,56H,6-47H2,1-5H3,(H,61,62)(H,63,64)/t49-,50+,51+/m0/s1. The van der Waals surface area contributed by atoms with E-state index in [-0.39, 0.29) is 25.7 Å². The molecular formula is C55H106O17P2. The molecule has 0 amide bonds. The summed E-state index contributed by atoms with van der Waals surface area (Å²) in [6, 6.07) is 0. The molecule has 0 aliphatic heterocycles. The van der Waals surface area contributed by atoms with Gasteiger partial charge in [0.15, 0.2) is 12.2 Å². The van der Waals surface area contributed by atoms with E-state index in [4.69, 9.17) is 37.0 Å². The minimum Gasteiger partial charge on any atom is -0.462 e. The van der Waals surface area contributed by atoms with Crippen LogP contribution in [0.1, 0.15) is 266 Å². The van der Waals surface area contributed by atoms with Gasteiger partial charge in [-0.2, -0.15) is 0 Å². The van der Waals surface area contributed by atoms with Crippen LogP contribution in [-0.4, -0.2) is 96.7 Å². The molecule has 74 heavy (non-hydrogen) atoms. The van der Waals surface area contributed by atoms with Crippen LogP contribution in [-0.2, 0) is 65.4 Å². The Kier molecular flexibility index (Phi) is 48.1. The summed E-state index contributed by atoms with van der Waals surface area (Å²) in [5, 5.41) is 10.4. The van der Waals surface area contributed by atoms with Crippen LogP contribution < -0.4 is 0 Å². The van der Waals surface area contributed by atoms with E-state index in [2.05, 4.69) is 34.6 Å². The van der Waals surface area contributed by atoms with Crippen molar-refractivity contribution >= 4 is 39.5 Å². The molecule has 0 saturated carbocycles. The highest BCUT2D eigenvalue weighted by Crippen LogP contribution is 2.45. The topological polar surface area (TPSA) is 237 Å². The minimum atomic E-state index is -4.93. The number of hydrogen-bond acceptors (Lipinski definition) is 15. The molecule has 0 aromatic rings. The van der Waals surface area contributed by atoms with Gasteiger partial charge >= 0.3 is 39.5 Å². The monoisotopic (exact) mass is 1100 g/mol. The van der Waals surface area contributed by atoms with Gasteiger partial charge < -0.3 is 33.8 Å². The van der Waals surface area contributed by atoms with Gasteiger partial charge in [-0.25, -0.2) is 9.13 Å². The molecule has 5 atom stereocenters. The largest absolute Gasteiger partial charge is 0.472 e. The first-order valence-electron chi connectivity index (χ1n) is 29.1. The molecule has 0 aromatic heterocycles. The zero-order valence-corrected chi connectivity index (χ0v) is 48.7. The van der Waals surface area contributed by atoms with E-state index in [1.165, 1.54) is 70.6 Å². The summed E-state index contributed by atoms with van der Waals surface area (Å²) >= 11 is 0.